The molecule has 1 fully saturated rings. The van der Waals surface area contributed by atoms with Crippen LogP contribution in [0.5, 0.6) is 0 Å². The summed E-state index contributed by atoms with van der Waals surface area (Å²) in [5, 5.41) is 7.93. The van der Waals surface area contributed by atoms with Crippen LogP contribution < -0.4 is 10.9 Å². The summed E-state index contributed by atoms with van der Waals surface area (Å²) in [5.41, 5.74) is 3.46. The Morgan fingerprint density at radius 2 is 1.97 bits per heavy atom. The van der Waals surface area contributed by atoms with E-state index in [0.717, 1.165) is 41.2 Å². The van der Waals surface area contributed by atoms with Crippen LogP contribution in [0.4, 0.5) is 4.79 Å². The van der Waals surface area contributed by atoms with E-state index >= 15 is 0 Å². The zero-order valence-electron chi connectivity index (χ0n) is 18.6. The molecule has 174 valence electrons. The maximum absolute atomic E-state index is 12.9. The fraction of sp³-hybridized carbons (Fsp3) is 0.320. The number of amides is 2. The van der Waals surface area contributed by atoms with Crippen molar-refractivity contribution in [2.45, 2.75) is 25.4 Å². The second-order valence-electron chi connectivity index (χ2n) is 8.82. The van der Waals surface area contributed by atoms with Crippen molar-refractivity contribution in [3.63, 3.8) is 0 Å². The highest BCUT2D eigenvalue weighted by atomic mass is 32.1. The van der Waals surface area contributed by atoms with Gasteiger partial charge in [0.25, 0.3) is 5.56 Å². The summed E-state index contributed by atoms with van der Waals surface area (Å²) in [6, 6.07) is 12.5. The van der Waals surface area contributed by atoms with Gasteiger partial charge in [-0.3, -0.25) is 9.69 Å². The fourth-order valence-electron chi connectivity index (χ4n) is 4.95. The van der Waals surface area contributed by atoms with Crippen molar-refractivity contribution in [1.82, 2.24) is 25.1 Å². The summed E-state index contributed by atoms with van der Waals surface area (Å²) < 4.78 is 0. The lowest BCUT2D eigenvalue weighted by Crippen LogP contribution is -2.52. The molecule has 1 aromatic carbocycles. The summed E-state index contributed by atoms with van der Waals surface area (Å²) >= 11 is 3.14. The number of benzene rings is 1. The number of aromatic nitrogens is 2. The molecule has 0 unspecified atom stereocenters. The molecule has 6 rings (SSSR count). The summed E-state index contributed by atoms with van der Waals surface area (Å²) in [6.07, 6.45) is 1.98. The molecule has 9 heteroatoms. The van der Waals surface area contributed by atoms with Gasteiger partial charge in [0.05, 0.1) is 18.0 Å². The first-order valence-electron chi connectivity index (χ1n) is 11.6. The van der Waals surface area contributed by atoms with Crippen LogP contribution in [0.3, 0.4) is 0 Å². The van der Waals surface area contributed by atoms with Crippen LogP contribution in [-0.4, -0.2) is 52.0 Å². The Bertz CT molecular complexity index is 1390. The first-order chi connectivity index (χ1) is 16.7. The lowest BCUT2D eigenvalue weighted by atomic mass is 10.1. The number of fused-ring (bicyclic) bond motifs is 2. The zero-order chi connectivity index (χ0) is 23.1. The summed E-state index contributed by atoms with van der Waals surface area (Å²) in [4.78, 5) is 39.4. The normalized spacial score (nSPS) is 18.4. The Kier molecular flexibility index (Phi) is 5.68. The van der Waals surface area contributed by atoms with Gasteiger partial charge in [-0.1, -0.05) is 30.3 Å². The van der Waals surface area contributed by atoms with Crippen molar-refractivity contribution in [2.24, 2.45) is 0 Å². The van der Waals surface area contributed by atoms with Crippen LogP contribution >= 0.6 is 22.7 Å². The van der Waals surface area contributed by atoms with Gasteiger partial charge in [-0.2, -0.15) is 0 Å². The van der Waals surface area contributed by atoms with E-state index in [0.29, 0.717) is 30.8 Å². The van der Waals surface area contributed by atoms with Crippen molar-refractivity contribution in [3.05, 3.63) is 74.5 Å². The molecule has 7 nitrogen and oxygen atoms in total. The molecule has 1 aliphatic carbocycles. The molecule has 0 spiro atoms. The highest BCUT2D eigenvalue weighted by Crippen LogP contribution is 2.33. The van der Waals surface area contributed by atoms with E-state index in [4.69, 9.17) is 4.98 Å². The quantitative estimate of drug-likeness (QED) is 0.448. The van der Waals surface area contributed by atoms with E-state index < -0.39 is 0 Å². The number of H-pyrrole nitrogens is 1. The Balaban J connectivity index is 1.08. The van der Waals surface area contributed by atoms with Crippen LogP contribution in [0.2, 0.25) is 0 Å². The molecular weight excluding hydrogens is 466 g/mol. The number of urea groups is 1. The molecule has 34 heavy (non-hydrogen) atoms. The van der Waals surface area contributed by atoms with Gasteiger partial charge in [0.1, 0.15) is 10.7 Å². The third-order valence-electron chi connectivity index (χ3n) is 6.74. The number of thiophene rings is 2. The fourth-order valence-corrected chi connectivity index (χ4v) is 6.73. The number of aromatic amines is 1. The van der Waals surface area contributed by atoms with E-state index in [1.165, 1.54) is 22.5 Å². The zero-order valence-corrected chi connectivity index (χ0v) is 20.3. The number of carbonyl (C=O) groups excluding carboxylic acids is 1. The Labute approximate surface area is 205 Å². The predicted octanol–water partition coefficient (Wildman–Crippen LogP) is 4.23. The third-order valence-corrected chi connectivity index (χ3v) is 8.52. The molecule has 0 bridgehead atoms. The molecule has 2 N–H and O–H groups in total. The third kappa shape index (κ3) is 4.04. The average Bonchev–Trinajstić information content (AvgIpc) is 3.60. The smallest absolute Gasteiger partial charge is 0.317 e. The number of nitrogens with zero attached hydrogens (tertiary/aromatic N) is 3. The number of hydrogen-bond donors (Lipinski definition) is 2. The molecule has 2 aliphatic rings. The summed E-state index contributed by atoms with van der Waals surface area (Å²) in [6.45, 7) is 3.40. The molecule has 1 atom stereocenters. The molecule has 3 aromatic heterocycles. The number of hydrogen-bond acceptors (Lipinski definition) is 6. The Morgan fingerprint density at radius 3 is 2.79 bits per heavy atom. The van der Waals surface area contributed by atoms with Crippen LogP contribution in [-0.2, 0) is 13.0 Å². The van der Waals surface area contributed by atoms with Crippen molar-refractivity contribution in [1.29, 1.82) is 0 Å². The van der Waals surface area contributed by atoms with Crippen LogP contribution in [0, 0.1) is 0 Å². The van der Waals surface area contributed by atoms with Crippen LogP contribution in [0.1, 0.15) is 29.4 Å². The lowest BCUT2D eigenvalue weighted by Gasteiger charge is -2.35. The van der Waals surface area contributed by atoms with Gasteiger partial charge >= 0.3 is 6.03 Å². The van der Waals surface area contributed by atoms with E-state index in [1.54, 1.807) is 11.3 Å². The van der Waals surface area contributed by atoms with Gasteiger partial charge in [-0.15, -0.1) is 22.7 Å². The minimum Gasteiger partial charge on any atom is -0.331 e. The maximum atomic E-state index is 12.9. The van der Waals surface area contributed by atoms with E-state index in [2.05, 4.69) is 33.4 Å². The highest BCUT2D eigenvalue weighted by Gasteiger charge is 2.27. The number of nitrogens with one attached hydrogen (secondary N) is 2. The van der Waals surface area contributed by atoms with Gasteiger partial charge in [0, 0.05) is 42.0 Å². The molecule has 4 aromatic rings. The van der Waals surface area contributed by atoms with Crippen LogP contribution in [0.25, 0.3) is 20.7 Å². The topological polar surface area (TPSA) is 81.3 Å². The first-order valence-corrected chi connectivity index (χ1v) is 13.3. The molecule has 1 aliphatic heterocycles. The molecule has 4 heterocycles. The van der Waals surface area contributed by atoms with Crippen molar-refractivity contribution in [3.8, 4) is 10.4 Å². The van der Waals surface area contributed by atoms with Crippen molar-refractivity contribution < 1.29 is 4.79 Å². The molecule has 0 saturated carbocycles. The van der Waals surface area contributed by atoms with Crippen molar-refractivity contribution >= 4 is 38.9 Å². The van der Waals surface area contributed by atoms with Gasteiger partial charge < -0.3 is 15.2 Å². The van der Waals surface area contributed by atoms with Gasteiger partial charge in [-0.25, -0.2) is 9.78 Å². The van der Waals surface area contributed by atoms with Gasteiger partial charge in [0.15, 0.2) is 0 Å². The monoisotopic (exact) mass is 491 g/mol. The molecule has 1 saturated heterocycles. The second-order valence-corrected chi connectivity index (χ2v) is 10.6. The standard InChI is InChI=1S/C25H25N5O2S2/c31-23-22-18(20-6-3-13-33-20)15-34-24(22)28-21(27-23)14-29-9-11-30(12-10-29)25(32)26-19-8-7-16-4-1-2-5-17(16)19/h1-6,13,15,19H,7-12,14H2,(H,26,32)(H,27,28,31)/t19-/m0/s1. The van der Waals surface area contributed by atoms with E-state index in [-0.39, 0.29) is 17.6 Å². The van der Waals surface area contributed by atoms with Crippen molar-refractivity contribution in [2.75, 3.05) is 26.2 Å². The summed E-state index contributed by atoms with van der Waals surface area (Å²) in [5.74, 6) is 0.678. The number of carbonyl (C=O) groups is 1. The predicted molar refractivity (Wildman–Crippen MR) is 136 cm³/mol. The highest BCUT2D eigenvalue weighted by molar-refractivity contribution is 7.18. The minimum atomic E-state index is -0.0838. The molecule has 0 radical (unpaired) electrons. The molecular formula is C25H25N5O2S2. The van der Waals surface area contributed by atoms with E-state index in [1.807, 2.05) is 33.9 Å². The second kappa shape index (κ2) is 8.98. The minimum absolute atomic E-state index is 0.00833. The lowest BCUT2D eigenvalue weighted by molar-refractivity contribution is 0.131. The Morgan fingerprint density at radius 1 is 1.12 bits per heavy atom. The number of rotatable bonds is 4. The average molecular weight is 492 g/mol. The largest absolute Gasteiger partial charge is 0.331 e. The van der Waals surface area contributed by atoms with Gasteiger partial charge in [-0.05, 0) is 35.4 Å². The first kappa shape index (κ1) is 21.5. The van der Waals surface area contributed by atoms with Crippen LogP contribution in [0.15, 0.2) is 52.0 Å². The number of aryl methyl sites for hydroxylation is 1. The SMILES string of the molecule is O=C(N[C@H]1CCc2ccccc21)N1CCN(Cc2nc3scc(-c4cccs4)c3c(=O)[nH]2)CC1. The summed E-state index contributed by atoms with van der Waals surface area (Å²) in [7, 11) is 0. The van der Waals surface area contributed by atoms with E-state index in [9.17, 15) is 9.59 Å². The molecule has 2 amide bonds. The Hall–Kier alpha value is -3.01. The number of piperazine rings is 1. The maximum Gasteiger partial charge on any atom is 0.317 e. The van der Waals surface area contributed by atoms with Gasteiger partial charge in [0.2, 0.25) is 0 Å².